The summed E-state index contributed by atoms with van der Waals surface area (Å²) in [5.74, 6) is 1.57. The average Bonchev–Trinajstić information content (AvgIpc) is 2.72. The van der Waals surface area contributed by atoms with E-state index in [4.69, 9.17) is 9.15 Å². The predicted molar refractivity (Wildman–Crippen MR) is 73.5 cm³/mol. The second kappa shape index (κ2) is 8.29. The van der Waals surface area contributed by atoms with Crippen molar-refractivity contribution in [3.63, 3.8) is 0 Å². The maximum Gasteiger partial charge on any atom is 0.129 e. The van der Waals surface area contributed by atoms with E-state index in [1.807, 2.05) is 14.1 Å². The third-order valence-corrected chi connectivity index (χ3v) is 2.52. The van der Waals surface area contributed by atoms with E-state index < -0.39 is 0 Å². The second-order valence-electron chi connectivity index (χ2n) is 5.30. The van der Waals surface area contributed by atoms with E-state index in [-0.39, 0.29) is 0 Å². The molecular weight excluding hydrogens is 228 g/mol. The molecule has 0 aliphatic carbocycles. The summed E-state index contributed by atoms with van der Waals surface area (Å²) in [6, 6.07) is 2.06. The zero-order valence-corrected chi connectivity index (χ0v) is 12.0. The molecule has 0 fully saturated rings. The first-order chi connectivity index (χ1) is 8.58. The highest BCUT2D eigenvalue weighted by Crippen LogP contribution is 2.09. The van der Waals surface area contributed by atoms with Crippen molar-refractivity contribution in [1.29, 1.82) is 0 Å². The van der Waals surface area contributed by atoms with Crippen molar-refractivity contribution in [2.75, 3.05) is 33.8 Å². The molecule has 1 N–H and O–H groups in total. The van der Waals surface area contributed by atoms with Gasteiger partial charge in [-0.3, -0.25) is 0 Å². The molecule has 0 atom stereocenters. The summed E-state index contributed by atoms with van der Waals surface area (Å²) in [5, 5.41) is 3.39. The highest BCUT2D eigenvalue weighted by molar-refractivity contribution is 5.11. The Hall–Kier alpha value is -0.840. The Morgan fingerprint density at radius 1 is 1.39 bits per heavy atom. The molecule has 0 bridgehead atoms. The Morgan fingerprint density at radius 3 is 2.83 bits per heavy atom. The van der Waals surface area contributed by atoms with Gasteiger partial charge in [-0.25, -0.2) is 0 Å². The third-order valence-electron chi connectivity index (χ3n) is 2.52. The number of nitrogens with zero attached hydrogens (tertiary/aromatic N) is 1. The van der Waals surface area contributed by atoms with Crippen LogP contribution in [0.4, 0.5) is 0 Å². The van der Waals surface area contributed by atoms with Crippen LogP contribution in [0.1, 0.15) is 25.2 Å². The van der Waals surface area contributed by atoms with Crippen molar-refractivity contribution >= 4 is 0 Å². The topological polar surface area (TPSA) is 37.6 Å². The first-order valence-electron chi connectivity index (χ1n) is 6.57. The van der Waals surface area contributed by atoms with Gasteiger partial charge in [-0.2, -0.15) is 0 Å². The molecule has 4 nitrogen and oxygen atoms in total. The lowest BCUT2D eigenvalue weighted by atomic mass is 10.2. The SMILES string of the molecule is CC(C)CNCc1coc(COCCN(C)C)c1. The molecule has 0 spiro atoms. The van der Waals surface area contributed by atoms with Crippen molar-refractivity contribution in [3.8, 4) is 0 Å². The smallest absolute Gasteiger partial charge is 0.129 e. The Morgan fingerprint density at radius 2 is 2.17 bits per heavy atom. The lowest BCUT2D eigenvalue weighted by molar-refractivity contribution is 0.0926. The Balaban J connectivity index is 2.17. The number of hydrogen-bond donors (Lipinski definition) is 1. The number of nitrogens with one attached hydrogen (secondary N) is 1. The lowest BCUT2D eigenvalue weighted by Gasteiger charge is -2.08. The fourth-order valence-electron chi connectivity index (χ4n) is 1.52. The van der Waals surface area contributed by atoms with Crippen LogP contribution in [0.2, 0.25) is 0 Å². The van der Waals surface area contributed by atoms with E-state index in [0.717, 1.165) is 32.0 Å². The van der Waals surface area contributed by atoms with Gasteiger partial charge in [-0.15, -0.1) is 0 Å². The van der Waals surface area contributed by atoms with E-state index in [9.17, 15) is 0 Å². The maximum absolute atomic E-state index is 5.53. The lowest BCUT2D eigenvalue weighted by Crippen LogP contribution is -2.18. The van der Waals surface area contributed by atoms with Crippen LogP contribution in [-0.4, -0.2) is 38.7 Å². The molecule has 18 heavy (non-hydrogen) atoms. The molecule has 0 aromatic carbocycles. The molecule has 1 rings (SSSR count). The van der Waals surface area contributed by atoms with Gasteiger partial charge in [-0.1, -0.05) is 13.8 Å². The van der Waals surface area contributed by atoms with Crippen LogP contribution in [-0.2, 0) is 17.9 Å². The summed E-state index contributed by atoms with van der Waals surface area (Å²) in [5.41, 5.74) is 1.18. The minimum absolute atomic E-state index is 0.554. The summed E-state index contributed by atoms with van der Waals surface area (Å²) in [4.78, 5) is 2.10. The molecule has 104 valence electrons. The normalized spacial score (nSPS) is 11.7. The number of rotatable bonds is 9. The van der Waals surface area contributed by atoms with Gasteiger partial charge >= 0.3 is 0 Å². The average molecular weight is 254 g/mol. The highest BCUT2D eigenvalue weighted by Gasteiger charge is 2.02. The minimum Gasteiger partial charge on any atom is -0.467 e. The summed E-state index contributed by atoms with van der Waals surface area (Å²) < 4.78 is 11.0. The standard InChI is InChI=1S/C14H26N2O2/c1-12(2)8-15-9-13-7-14(18-10-13)11-17-6-5-16(3)4/h7,10,12,15H,5-6,8-9,11H2,1-4H3. The third kappa shape index (κ3) is 6.79. The van der Waals surface area contributed by atoms with Gasteiger partial charge < -0.3 is 19.4 Å². The van der Waals surface area contributed by atoms with Gasteiger partial charge in [-0.05, 0) is 32.6 Å². The molecule has 4 heteroatoms. The Kier molecular flexibility index (Phi) is 7.01. The fourth-order valence-corrected chi connectivity index (χ4v) is 1.52. The Labute approximate surface area is 110 Å². The molecule has 0 radical (unpaired) electrons. The van der Waals surface area contributed by atoms with Crippen LogP contribution < -0.4 is 5.32 Å². The molecule has 0 saturated heterocycles. The molecule has 1 heterocycles. The first kappa shape index (κ1) is 15.2. The van der Waals surface area contributed by atoms with E-state index in [0.29, 0.717) is 12.5 Å². The summed E-state index contributed by atoms with van der Waals surface area (Å²) >= 11 is 0. The largest absolute Gasteiger partial charge is 0.467 e. The van der Waals surface area contributed by atoms with Crippen molar-refractivity contribution in [2.24, 2.45) is 5.92 Å². The molecule has 0 unspecified atom stereocenters. The minimum atomic E-state index is 0.554. The van der Waals surface area contributed by atoms with Gasteiger partial charge in [0.25, 0.3) is 0 Å². The van der Waals surface area contributed by atoms with Gasteiger partial charge in [0, 0.05) is 18.7 Å². The highest BCUT2D eigenvalue weighted by atomic mass is 16.5. The van der Waals surface area contributed by atoms with E-state index in [1.165, 1.54) is 5.56 Å². The molecule has 1 aromatic rings. The van der Waals surface area contributed by atoms with Crippen molar-refractivity contribution < 1.29 is 9.15 Å². The molecular formula is C14H26N2O2. The summed E-state index contributed by atoms with van der Waals surface area (Å²) in [7, 11) is 4.07. The predicted octanol–water partition coefficient (Wildman–Crippen LogP) is 2.10. The number of ether oxygens (including phenoxy) is 1. The monoisotopic (exact) mass is 254 g/mol. The number of likely N-dealkylation sites (N-methyl/N-ethyl adjacent to an activating group) is 1. The summed E-state index contributed by atoms with van der Waals surface area (Å²) in [6.45, 7) is 8.51. The van der Waals surface area contributed by atoms with Crippen LogP contribution >= 0.6 is 0 Å². The molecule has 0 aliphatic heterocycles. The van der Waals surface area contributed by atoms with Crippen LogP contribution in [0.5, 0.6) is 0 Å². The van der Waals surface area contributed by atoms with Crippen LogP contribution in [0.25, 0.3) is 0 Å². The number of furan rings is 1. The van der Waals surface area contributed by atoms with Crippen LogP contribution in [0.15, 0.2) is 16.7 Å². The van der Waals surface area contributed by atoms with Crippen molar-refractivity contribution in [1.82, 2.24) is 10.2 Å². The molecule has 0 aliphatic rings. The molecule has 0 saturated carbocycles. The van der Waals surface area contributed by atoms with Gasteiger partial charge in [0.1, 0.15) is 12.4 Å². The van der Waals surface area contributed by atoms with E-state index in [2.05, 4.69) is 30.1 Å². The van der Waals surface area contributed by atoms with Gasteiger partial charge in [0.2, 0.25) is 0 Å². The van der Waals surface area contributed by atoms with Crippen molar-refractivity contribution in [2.45, 2.75) is 27.0 Å². The van der Waals surface area contributed by atoms with Crippen LogP contribution in [0.3, 0.4) is 0 Å². The van der Waals surface area contributed by atoms with E-state index in [1.54, 1.807) is 6.26 Å². The number of hydrogen-bond acceptors (Lipinski definition) is 4. The zero-order chi connectivity index (χ0) is 13.4. The van der Waals surface area contributed by atoms with Gasteiger partial charge in [0.05, 0.1) is 12.9 Å². The molecule has 1 aromatic heterocycles. The van der Waals surface area contributed by atoms with E-state index >= 15 is 0 Å². The maximum atomic E-state index is 5.53. The van der Waals surface area contributed by atoms with Crippen LogP contribution in [0, 0.1) is 5.92 Å². The second-order valence-corrected chi connectivity index (χ2v) is 5.30. The first-order valence-corrected chi connectivity index (χ1v) is 6.57. The molecule has 0 amide bonds. The fraction of sp³-hybridized carbons (Fsp3) is 0.714. The Bertz CT molecular complexity index is 321. The van der Waals surface area contributed by atoms with Crippen molar-refractivity contribution in [3.05, 3.63) is 23.7 Å². The summed E-state index contributed by atoms with van der Waals surface area (Å²) in [6.07, 6.45) is 1.80. The zero-order valence-electron chi connectivity index (χ0n) is 12.0. The quantitative estimate of drug-likeness (QED) is 0.685. The van der Waals surface area contributed by atoms with Gasteiger partial charge in [0.15, 0.2) is 0 Å².